The van der Waals surface area contributed by atoms with Crippen LogP contribution in [0.1, 0.15) is 25.5 Å². The maximum absolute atomic E-state index is 5.46. The maximum Gasteiger partial charge on any atom is 0.0654 e. The summed E-state index contributed by atoms with van der Waals surface area (Å²) in [6, 6.07) is 4.91. The number of morpholine rings is 1. The highest BCUT2D eigenvalue weighted by molar-refractivity contribution is 5.59. The minimum atomic E-state index is 0.656. The van der Waals surface area contributed by atoms with Crippen molar-refractivity contribution in [3.63, 3.8) is 0 Å². The molecule has 0 spiro atoms. The van der Waals surface area contributed by atoms with Gasteiger partial charge in [0.25, 0.3) is 0 Å². The van der Waals surface area contributed by atoms with Gasteiger partial charge in [0, 0.05) is 32.2 Å². The van der Waals surface area contributed by atoms with Gasteiger partial charge in [-0.2, -0.15) is 0 Å². The normalized spacial score (nSPS) is 24.0. The predicted octanol–water partition coefficient (Wildman–Crippen LogP) is 2.42. The number of nitrogens with zero attached hydrogens (tertiary/aromatic N) is 3. The van der Waals surface area contributed by atoms with Crippen LogP contribution in [0.4, 0.5) is 5.69 Å². The van der Waals surface area contributed by atoms with Crippen molar-refractivity contribution in [3.05, 3.63) is 30.6 Å². The summed E-state index contributed by atoms with van der Waals surface area (Å²) in [5.41, 5.74) is 3.24. The number of hydrogen-bond acceptors (Lipinski definition) is 4. The van der Waals surface area contributed by atoms with Crippen molar-refractivity contribution in [2.75, 3.05) is 44.3 Å². The lowest BCUT2D eigenvalue weighted by atomic mass is 10.0. The molecule has 0 amide bonds. The largest absolute Gasteiger partial charge is 0.379 e. The molecule has 2 aliphatic rings. The second-order valence-corrected chi connectivity index (χ2v) is 6.07. The average molecular weight is 287 g/mol. The van der Waals surface area contributed by atoms with Crippen LogP contribution >= 0.6 is 0 Å². The molecule has 1 atom stereocenters. The molecule has 0 bridgehead atoms. The van der Waals surface area contributed by atoms with Crippen LogP contribution in [0, 0.1) is 0 Å². The zero-order valence-electron chi connectivity index (χ0n) is 12.9. The third kappa shape index (κ3) is 3.44. The van der Waals surface area contributed by atoms with Crippen LogP contribution in [0.15, 0.2) is 24.9 Å². The molecule has 2 fully saturated rings. The van der Waals surface area contributed by atoms with E-state index in [9.17, 15) is 0 Å². The molecule has 0 N–H and O–H groups in total. The lowest BCUT2D eigenvalue weighted by Gasteiger charge is -2.41. The van der Waals surface area contributed by atoms with Crippen molar-refractivity contribution in [2.45, 2.75) is 25.8 Å². The summed E-state index contributed by atoms with van der Waals surface area (Å²) < 4.78 is 5.46. The lowest BCUT2D eigenvalue weighted by molar-refractivity contribution is 0.0137. The second kappa shape index (κ2) is 6.58. The second-order valence-electron chi connectivity index (χ2n) is 6.07. The Labute approximate surface area is 127 Å². The molecule has 1 unspecified atom stereocenters. The number of ether oxygens (including phenoxy) is 1. The number of pyridine rings is 1. The summed E-state index contributed by atoms with van der Waals surface area (Å²) in [7, 11) is 0. The maximum atomic E-state index is 5.46. The van der Waals surface area contributed by atoms with Crippen molar-refractivity contribution in [2.24, 2.45) is 0 Å². The van der Waals surface area contributed by atoms with E-state index in [1.807, 2.05) is 13.1 Å². The van der Waals surface area contributed by atoms with E-state index in [0.29, 0.717) is 6.04 Å². The fourth-order valence-corrected chi connectivity index (χ4v) is 3.26. The molecule has 4 nitrogen and oxygen atoms in total. The minimum absolute atomic E-state index is 0.656. The van der Waals surface area contributed by atoms with Crippen molar-refractivity contribution in [1.29, 1.82) is 0 Å². The minimum Gasteiger partial charge on any atom is -0.379 e. The number of aromatic nitrogens is 1. The highest BCUT2D eigenvalue weighted by Crippen LogP contribution is 2.23. The van der Waals surface area contributed by atoms with Crippen LogP contribution in [-0.2, 0) is 4.74 Å². The number of piperidine rings is 1. The van der Waals surface area contributed by atoms with E-state index in [1.165, 1.54) is 18.5 Å². The molecule has 0 aliphatic carbocycles. The Morgan fingerprint density at radius 1 is 1.29 bits per heavy atom. The molecule has 0 saturated carbocycles. The monoisotopic (exact) mass is 287 g/mol. The number of rotatable bonds is 3. The molecule has 2 aliphatic heterocycles. The van der Waals surface area contributed by atoms with E-state index in [2.05, 4.69) is 33.5 Å². The smallest absolute Gasteiger partial charge is 0.0654 e. The van der Waals surface area contributed by atoms with Gasteiger partial charge < -0.3 is 9.64 Å². The molecule has 114 valence electrons. The number of allylic oxidation sites excluding steroid dienone is 1. The Hall–Kier alpha value is -1.39. The zero-order valence-corrected chi connectivity index (χ0v) is 12.9. The Morgan fingerprint density at radius 2 is 2.10 bits per heavy atom. The van der Waals surface area contributed by atoms with Gasteiger partial charge in [-0.1, -0.05) is 6.58 Å². The van der Waals surface area contributed by atoms with Crippen LogP contribution in [0.25, 0.3) is 5.57 Å². The third-order valence-corrected chi connectivity index (χ3v) is 4.51. The van der Waals surface area contributed by atoms with E-state index in [-0.39, 0.29) is 0 Å². The molecule has 0 radical (unpaired) electrons. The van der Waals surface area contributed by atoms with Gasteiger partial charge in [0.15, 0.2) is 0 Å². The Bertz CT molecular complexity index is 479. The fraction of sp³-hybridized carbons (Fsp3) is 0.588. The van der Waals surface area contributed by atoms with E-state index in [4.69, 9.17) is 4.74 Å². The molecule has 3 heterocycles. The Kier molecular flexibility index (Phi) is 4.56. The summed E-state index contributed by atoms with van der Waals surface area (Å²) in [5.74, 6) is 0. The first kappa shape index (κ1) is 14.5. The SMILES string of the molecule is C=C(C)c1ccc(N2CCCC(N3CCOCC3)C2)cn1. The van der Waals surface area contributed by atoms with E-state index in [0.717, 1.165) is 50.7 Å². The van der Waals surface area contributed by atoms with Gasteiger partial charge in [-0.15, -0.1) is 0 Å². The van der Waals surface area contributed by atoms with Gasteiger partial charge >= 0.3 is 0 Å². The molecular formula is C17H25N3O. The first-order valence-electron chi connectivity index (χ1n) is 7.93. The van der Waals surface area contributed by atoms with Gasteiger partial charge in [0.2, 0.25) is 0 Å². The zero-order chi connectivity index (χ0) is 14.7. The lowest BCUT2D eigenvalue weighted by Crippen LogP contribution is -2.51. The van der Waals surface area contributed by atoms with Crippen LogP contribution in [0.2, 0.25) is 0 Å². The summed E-state index contributed by atoms with van der Waals surface area (Å²) in [6.45, 7) is 12.1. The molecule has 0 aromatic carbocycles. The van der Waals surface area contributed by atoms with Gasteiger partial charge in [-0.25, -0.2) is 0 Å². The molecule has 2 saturated heterocycles. The van der Waals surface area contributed by atoms with Crippen LogP contribution in [0.5, 0.6) is 0 Å². The highest BCUT2D eigenvalue weighted by Gasteiger charge is 2.26. The number of anilines is 1. The van der Waals surface area contributed by atoms with Gasteiger partial charge in [-0.3, -0.25) is 9.88 Å². The standard InChI is InChI=1S/C17H25N3O/c1-14(2)17-6-5-15(12-18-17)20-7-3-4-16(13-20)19-8-10-21-11-9-19/h5-6,12,16H,1,3-4,7-11,13H2,2H3. The summed E-state index contributed by atoms with van der Waals surface area (Å²) in [4.78, 5) is 9.58. The molecule has 1 aromatic heterocycles. The number of hydrogen-bond donors (Lipinski definition) is 0. The quantitative estimate of drug-likeness (QED) is 0.853. The summed E-state index contributed by atoms with van der Waals surface area (Å²) in [5, 5.41) is 0. The van der Waals surface area contributed by atoms with Gasteiger partial charge in [-0.05, 0) is 37.5 Å². The van der Waals surface area contributed by atoms with Crippen molar-refractivity contribution in [1.82, 2.24) is 9.88 Å². The molecular weight excluding hydrogens is 262 g/mol. The highest BCUT2D eigenvalue weighted by atomic mass is 16.5. The fourth-order valence-electron chi connectivity index (χ4n) is 3.26. The summed E-state index contributed by atoms with van der Waals surface area (Å²) in [6.07, 6.45) is 4.55. The first-order valence-corrected chi connectivity index (χ1v) is 7.93. The molecule has 21 heavy (non-hydrogen) atoms. The van der Waals surface area contributed by atoms with E-state index in [1.54, 1.807) is 0 Å². The molecule has 1 aromatic rings. The van der Waals surface area contributed by atoms with Crippen molar-refractivity contribution < 1.29 is 4.74 Å². The summed E-state index contributed by atoms with van der Waals surface area (Å²) >= 11 is 0. The molecule has 3 rings (SSSR count). The molecule has 4 heteroatoms. The van der Waals surface area contributed by atoms with Crippen molar-refractivity contribution >= 4 is 11.3 Å². The van der Waals surface area contributed by atoms with E-state index < -0.39 is 0 Å². The van der Waals surface area contributed by atoms with Crippen LogP contribution < -0.4 is 4.90 Å². The first-order chi connectivity index (χ1) is 10.2. The third-order valence-electron chi connectivity index (χ3n) is 4.51. The van der Waals surface area contributed by atoms with E-state index >= 15 is 0 Å². The topological polar surface area (TPSA) is 28.6 Å². The Balaban J connectivity index is 1.66. The predicted molar refractivity (Wildman–Crippen MR) is 86.6 cm³/mol. The van der Waals surface area contributed by atoms with Crippen LogP contribution in [-0.4, -0.2) is 55.3 Å². The Morgan fingerprint density at radius 3 is 2.76 bits per heavy atom. The van der Waals surface area contributed by atoms with Crippen LogP contribution in [0.3, 0.4) is 0 Å². The van der Waals surface area contributed by atoms with Gasteiger partial charge in [0.05, 0.1) is 30.8 Å². The van der Waals surface area contributed by atoms with Crippen molar-refractivity contribution in [3.8, 4) is 0 Å². The van der Waals surface area contributed by atoms with Gasteiger partial charge in [0.1, 0.15) is 0 Å². The average Bonchev–Trinajstić information content (AvgIpc) is 2.56.